The highest BCUT2D eigenvalue weighted by Crippen LogP contribution is 2.36. The number of nitrogens with one attached hydrogen (secondary N) is 1. The lowest BCUT2D eigenvalue weighted by Crippen LogP contribution is -2.52. The summed E-state index contributed by atoms with van der Waals surface area (Å²) in [6.07, 6.45) is 6.70. The number of likely N-dealkylation sites (N-methyl/N-ethyl adjacent to an activating group) is 1. The van der Waals surface area contributed by atoms with E-state index >= 15 is 0 Å². The first-order chi connectivity index (χ1) is 10.9. The number of hydrogen-bond donors (Lipinski definition) is 2. The van der Waals surface area contributed by atoms with E-state index < -0.39 is 5.60 Å². The molecular formula is C18H37N3O2. The lowest BCUT2D eigenvalue weighted by atomic mass is 9.73. The first-order valence-corrected chi connectivity index (χ1v) is 9.29. The van der Waals surface area contributed by atoms with Crippen LogP contribution in [0.15, 0.2) is 0 Å². The van der Waals surface area contributed by atoms with E-state index in [1.165, 1.54) is 38.6 Å². The molecule has 1 saturated carbocycles. The number of ether oxygens (including phenoxy) is 1. The molecule has 0 aromatic rings. The summed E-state index contributed by atoms with van der Waals surface area (Å²) in [7, 11) is 4.02. The Labute approximate surface area is 142 Å². The van der Waals surface area contributed by atoms with Crippen molar-refractivity contribution in [3.8, 4) is 0 Å². The van der Waals surface area contributed by atoms with Crippen molar-refractivity contribution in [2.45, 2.75) is 44.6 Å². The maximum Gasteiger partial charge on any atom is 0.0869 e. The number of aliphatic hydroxyl groups is 1. The molecule has 5 nitrogen and oxygen atoms in total. The average Bonchev–Trinajstić information content (AvgIpc) is 2.47. The molecular weight excluding hydrogens is 290 g/mol. The van der Waals surface area contributed by atoms with Gasteiger partial charge in [0.2, 0.25) is 0 Å². The topological polar surface area (TPSA) is 48.0 Å². The predicted octanol–water partition coefficient (Wildman–Crippen LogP) is 1.17. The third-order valence-electron chi connectivity index (χ3n) is 5.24. The zero-order valence-electron chi connectivity index (χ0n) is 15.4. The van der Waals surface area contributed by atoms with Crippen LogP contribution in [-0.4, -0.2) is 87.1 Å². The molecule has 1 unspecified atom stereocenters. The fraction of sp³-hybridized carbons (Fsp3) is 1.00. The highest BCUT2D eigenvalue weighted by atomic mass is 16.5. The molecule has 136 valence electrons. The minimum absolute atomic E-state index is 0.379. The number of hydrogen-bond acceptors (Lipinski definition) is 5. The smallest absolute Gasteiger partial charge is 0.0869 e. The van der Waals surface area contributed by atoms with Gasteiger partial charge in [0, 0.05) is 39.3 Å². The second kappa shape index (κ2) is 8.77. The van der Waals surface area contributed by atoms with Gasteiger partial charge in [-0.2, -0.15) is 0 Å². The van der Waals surface area contributed by atoms with Crippen LogP contribution in [0.5, 0.6) is 0 Å². The van der Waals surface area contributed by atoms with E-state index in [4.69, 9.17) is 4.74 Å². The minimum atomic E-state index is -0.668. The monoisotopic (exact) mass is 327 g/mol. The summed E-state index contributed by atoms with van der Waals surface area (Å²) in [5.74, 6) is 0. The SMILES string of the molecule is CN(C)CC(C)(O)CNCC1(CN2CCOCC2)CCCCC1. The van der Waals surface area contributed by atoms with E-state index in [2.05, 4.69) is 10.2 Å². The standard InChI is InChI=1S/C18H37N3O2/c1-17(22,15-20(2)3)13-19-14-18(7-5-4-6-8-18)16-21-9-11-23-12-10-21/h19,22H,4-16H2,1-3H3. The molecule has 1 aliphatic heterocycles. The Morgan fingerprint density at radius 3 is 2.43 bits per heavy atom. The highest BCUT2D eigenvalue weighted by Gasteiger charge is 2.34. The third kappa shape index (κ3) is 6.67. The Hall–Kier alpha value is -0.200. The average molecular weight is 328 g/mol. The Balaban J connectivity index is 1.85. The van der Waals surface area contributed by atoms with Crippen LogP contribution in [0.3, 0.4) is 0 Å². The third-order valence-corrected chi connectivity index (χ3v) is 5.24. The van der Waals surface area contributed by atoms with Gasteiger partial charge in [0.1, 0.15) is 0 Å². The van der Waals surface area contributed by atoms with Gasteiger partial charge in [-0.1, -0.05) is 19.3 Å². The predicted molar refractivity (Wildman–Crippen MR) is 94.8 cm³/mol. The summed E-state index contributed by atoms with van der Waals surface area (Å²) in [5.41, 5.74) is -0.290. The van der Waals surface area contributed by atoms with E-state index in [1.54, 1.807) is 0 Å². The van der Waals surface area contributed by atoms with Gasteiger partial charge in [0.25, 0.3) is 0 Å². The largest absolute Gasteiger partial charge is 0.388 e. The maximum absolute atomic E-state index is 10.5. The molecule has 0 radical (unpaired) electrons. The molecule has 1 aliphatic carbocycles. The maximum atomic E-state index is 10.5. The van der Waals surface area contributed by atoms with Gasteiger partial charge in [-0.25, -0.2) is 0 Å². The molecule has 5 heteroatoms. The Bertz CT molecular complexity index is 335. The molecule has 2 N–H and O–H groups in total. The summed E-state index contributed by atoms with van der Waals surface area (Å²) in [4.78, 5) is 4.63. The number of rotatable bonds is 8. The Morgan fingerprint density at radius 2 is 1.83 bits per heavy atom. The molecule has 0 spiro atoms. The van der Waals surface area contributed by atoms with E-state index in [9.17, 15) is 5.11 Å². The van der Waals surface area contributed by atoms with Crippen molar-refractivity contribution >= 4 is 0 Å². The van der Waals surface area contributed by atoms with Gasteiger partial charge in [0.05, 0.1) is 18.8 Å². The highest BCUT2D eigenvalue weighted by molar-refractivity contribution is 4.90. The van der Waals surface area contributed by atoms with Gasteiger partial charge < -0.3 is 20.1 Å². The lowest BCUT2D eigenvalue weighted by molar-refractivity contribution is 0.00206. The lowest BCUT2D eigenvalue weighted by Gasteiger charge is -2.43. The van der Waals surface area contributed by atoms with Crippen molar-refractivity contribution in [2.24, 2.45) is 5.41 Å². The summed E-state index contributed by atoms with van der Waals surface area (Å²) in [5, 5.41) is 14.1. The summed E-state index contributed by atoms with van der Waals surface area (Å²) >= 11 is 0. The van der Waals surface area contributed by atoms with Crippen LogP contribution in [0.25, 0.3) is 0 Å². The fourth-order valence-corrected chi connectivity index (χ4v) is 4.26. The molecule has 0 bridgehead atoms. The van der Waals surface area contributed by atoms with Gasteiger partial charge in [-0.15, -0.1) is 0 Å². The van der Waals surface area contributed by atoms with Crippen LogP contribution in [0.1, 0.15) is 39.0 Å². The second-order valence-electron chi connectivity index (χ2n) is 8.29. The molecule has 1 saturated heterocycles. The minimum Gasteiger partial charge on any atom is -0.388 e. The summed E-state index contributed by atoms with van der Waals surface area (Å²) in [6, 6.07) is 0. The van der Waals surface area contributed by atoms with Gasteiger partial charge >= 0.3 is 0 Å². The van der Waals surface area contributed by atoms with Crippen LogP contribution >= 0.6 is 0 Å². The zero-order chi connectivity index (χ0) is 16.8. The molecule has 1 heterocycles. The van der Waals surface area contributed by atoms with Gasteiger partial charge in [-0.3, -0.25) is 4.90 Å². The van der Waals surface area contributed by atoms with E-state index in [0.29, 0.717) is 18.5 Å². The normalized spacial score (nSPS) is 25.4. The molecule has 2 fully saturated rings. The van der Waals surface area contributed by atoms with Crippen molar-refractivity contribution < 1.29 is 9.84 Å². The molecule has 0 aromatic carbocycles. The molecule has 23 heavy (non-hydrogen) atoms. The quantitative estimate of drug-likeness (QED) is 0.701. The van der Waals surface area contributed by atoms with Gasteiger partial charge in [0.15, 0.2) is 0 Å². The Kier molecular flexibility index (Phi) is 7.29. The van der Waals surface area contributed by atoms with E-state index in [1.807, 2.05) is 25.9 Å². The van der Waals surface area contributed by atoms with Crippen molar-refractivity contribution in [2.75, 3.05) is 66.6 Å². The van der Waals surface area contributed by atoms with E-state index in [0.717, 1.165) is 32.8 Å². The molecule has 1 atom stereocenters. The Morgan fingerprint density at radius 1 is 1.17 bits per heavy atom. The number of morpholine rings is 1. The number of nitrogens with zero attached hydrogens (tertiary/aromatic N) is 2. The second-order valence-corrected chi connectivity index (χ2v) is 8.29. The molecule has 0 aromatic heterocycles. The van der Waals surface area contributed by atoms with Crippen LogP contribution in [0.4, 0.5) is 0 Å². The van der Waals surface area contributed by atoms with E-state index in [-0.39, 0.29) is 0 Å². The molecule has 2 aliphatic rings. The summed E-state index contributed by atoms with van der Waals surface area (Å²) < 4.78 is 5.49. The van der Waals surface area contributed by atoms with Crippen molar-refractivity contribution in [3.05, 3.63) is 0 Å². The van der Waals surface area contributed by atoms with Crippen molar-refractivity contribution in [1.82, 2.24) is 15.1 Å². The van der Waals surface area contributed by atoms with Crippen LogP contribution in [0, 0.1) is 5.41 Å². The van der Waals surface area contributed by atoms with Gasteiger partial charge in [-0.05, 0) is 39.3 Å². The van der Waals surface area contributed by atoms with Crippen molar-refractivity contribution in [1.29, 1.82) is 0 Å². The van der Waals surface area contributed by atoms with Crippen molar-refractivity contribution in [3.63, 3.8) is 0 Å². The summed E-state index contributed by atoms with van der Waals surface area (Å²) in [6.45, 7) is 9.37. The fourth-order valence-electron chi connectivity index (χ4n) is 4.26. The molecule has 0 amide bonds. The van der Waals surface area contributed by atoms with Crippen LogP contribution < -0.4 is 5.32 Å². The van der Waals surface area contributed by atoms with Crippen LogP contribution in [-0.2, 0) is 4.74 Å². The molecule has 2 rings (SSSR count). The zero-order valence-corrected chi connectivity index (χ0v) is 15.4. The first-order valence-electron chi connectivity index (χ1n) is 9.29. The first kappa shape index (κ1) is 19.1. The van der Waals surface area contributed by atoms with Crippen LogP contribution in [0.2, 0.25) is 0 Å².